The van der Waals surface area contributed by atoms with Gasteiger partial charge in [-0.1, -0.05) is 58.4 Å². The first-order valence-electron chi connectivity index (χ1n) is 7.08. The number of carbonyl (C=O) groups is 1. The molecule has 6 heteroatoms. The van der Waals surface area contributed by atoms with E-state index in [1.165, 1.54) is 4.90 Å². The number of halogens is 1. The molecule has 23 heavy (non-hydrogen) atoms. The van der Waals surface area contributed by atoms with Crippen LogP contribution in [0, 0.1) is 0 Å². The zero-order valence-corrected chi connectivity index (χ0v) is 15.2. The Bertz CT molecular complexity index is 775. The summed E-state index contributed by atoms with van der Waals surface area (Å²) in [5, 5.41) is 0. The van der Waals surface area contributed by atoms with Crippen LogP contribution < -0.4 is 0 Å². The molecule has 0 aliphatic heterocycles. The van der Waals surface area contributed by atoms with E-state index in [9.17, 15) is 13.2 Å². The molecular formula is C17H18BrNO3S. The van der Waals surface area contributed by atoms with E-state index in [-0.39, 0.29) is 5.75 Å². The quantitative estimate of drug-likeness (QED) is 0.755. The minimum Gasteiger partial charge on any atom is -0.341 e. The summed E-state index contributed by atoms with van der Waals surface area (Å²) in [7, 11) is -1.88. The highest BCUT2D eigenvalue weighted by atomic mass is 79.9. The van der Waals surface area contributed by atoms with Gasteiger partial charge >= 0.3 is 0 Å². The van der Waals surface area contributed by atoms with Crippen molar-refractivity contribution >= 4 is 31.7 Å². The topological polar surface area (TPSA) is 54.5 Å². The molecule has 4 nitrogen and oxygen atoms in total. The summed E-state index contributed by atoms with van der Waals surface area (Å²) < 4.78 is 25.2. The molecule has 2 aromatic carbocycles. The van der Waals surface area contributed by atoms with Crippen molar-refractivity contribution in [2.45, 2.75) is 12.3 Å². The molecule has 1 amide bonds. The first kappa shape index (κ1) is 17.7. The molecule has 2 rings (SSSR count). The number of rotatable bonds is 6. The van der Waals surface area contributed by atoms with Crippen LogP contribution in [0.15, 0.2) is 59.1 Å². The molecule has 0 spiro atoms. The molecule has 0 fully saturated rings. The van der Waals surface area contributed by atoms with E-state index in [0.717, 1.165) is 10.0 Å². The Labute approximate surface area is 145 Å². The molecule has 0 radical (unpaired) electrons. The second kappa shape index (κ2) is 7.75. The molecule has 0 aliphatic rings. The van der Waals surface area contributed by atoms with Crippen molar-refractivity contribution in [1.82, 2.24) is 4.90 Å². The van der Waals surface area contributed by atoms with Crippen LogP contribution in [0.25, 0.3) is 0 Å². The zero-order valence-electron chi connectivity index (χ0n) is 12.8. The predicted molar refractivity (Wildman–Crippen MR) is 94.5 cm³/mol. The third kappa shape index (κ3) is 5.80. The second-order valence-corrected chi connectivity index (χ2v) is 8.38. The molecule has 0 saturated carbocycles. The molecule has 0 unspecified atom stereocenters. The van der Waals surface area contributed by atoms with Crippen LogP contribution in [0.3, 0.4) is 0 Å². The number of carbonyl (C=O) groups excluding carboxylic acids is 1. The highest BCUT2D eigenvalue weighted by molar-refractivity contribution is 9.10. The second-order valence-electron chi connectivity index (χ2n) is 5.40. The van der Waals surface area contributed by atoms with Crippen LogP contribution in [0.1, 0.15) is 11.1 Å². The number of amides is 1. The van der Waals surface area contributed by atoms with Gasteiger partial charge in [0, 0.05) is 18.1 Å². The average Bonchev–Trinajstić information content (AvgIpc) is 2.47. The molecular weight excluding hydrogens is 378 g/mol. The molecule has 0 N–H and O–H groups in total. The Hall–Kier alpha value is -1.66. The van der Waals surface area contributed by atoms with Crippen LogP contribution in [-0.2, 0) is 26.9 Å². The van der Waals surface area contributed by atoms with E-state index in [2.05, 4.69) is 15.9 Å². The maximum absolute atomic E-state index is 12.2. The van der Waals surface area contributed by atoms with Crippen molar-refractivity contribution in [2.75, 3.05) is 12.8 Å². The van der Waals surface area contributed by atoms with Crippen LogP contribution >= 0.6 is 15.9 Å². The fourth-order valence-corrected chi connectivity index (χ4v) is 4.01. The van der Waals surface area contributed by atoms with Crippen molar-refractivity contribution in [3.8, 4) is 0 Å². The van der Waals surface area contributed by atoms with Gasteiger partial charge in [0.05, 0.1) is 5.75 Å². The van der Waals surface area contributed by atoms with Gasteiger partial charge in [0.2, 0.25) is 5.91 Å². The molecule has 0 heterocycles. The SMILES string of the molecule is CN(Cc1ccccc1)C(=O)CS(=O)(=O)Cc1cccc(Br)c1. The van der Waals surface area contributed by atoms with E-state index in [1.54, 1.807) is 25.2 Å². The van der Waals surface area contributed by atoms with Crippen LogP contribution in [0.4, 0.5) is 0 Å². The Morgan fingerprint density at radius 3 is 2.35 bits per heavy atom. The summed E-state index contributed by atoms with van der Waals surface area (Å²) in [6, 6.07) is 16.6. The Morgan fingerprint density at radius 2 is 1.70 bits per heavy atom. The molecule has 0 aromatic heterocycles. The fourth-order valence-electron chi connectivity index (χ4n) is 2.18. The van der Waals surface area contributed by atoms with E-state index in [4.69, 9.17) is 0 Å². The van der Waals surface area contributed by atoms with Crippen molar-refractivity contribution in [3.63, 3.8) is 0 Å². The Kier molecular flexibility index (Phi) is 5.96. The van der Waals surface area contributed by atoms with Crippen molar-refractivity contribution in [3.05, 3.63) is 70.2 Å². The Morgan fingerprint density at radius 1 is 1.04 bits per heavy atom. The molecule has 0 saturated heterocycles. The molecule has 0 atom stereocenters. The van der Waals surface area contributed by atoms with Crippen LogP contribution in [0.2, 0.25) is 0 Å². The number of benzene rings is 2. The summed E-state index contributed by atoms with van der Waals surface area (Å²) >= 11 is 3.31. The Balaban J connectivity index is 1.97. The standard InChI is InChI=1S/C17H18BrNO3S/c1-19(11-14-6-3-2-4-7-14)17(20)13-23(21,22)12-15-8-5-9-16(18)10-15/h2-10H,11-13H2,1H3. The van der Waals surface area contributed by atoms with E-state index < -0.39 is 21.5 Å². The van der Waals surface area contributed by atoms with Gasteiger partial charge < -0.3 is 4.90 Å². The summed E-state index contributed by atoms with van der Waals surface area (Å²) in [6.07, 6.45) is 0. The molecule has 0 bridgehead atoms. The van der Waals surface area contributed by atoms with Gasteiger partial charge in [-0.05, 0) is 23.3 Å². The highest BCUT2D eigenvalue weighted by Gasteiger charge is 2.20. The number of hydrogen-bond donors (Lipinski definition) is 0. The first-order valence-corrected chi connectivity index (χ1v) is 9.70. The maximum Gasteiger partial charge on any atom is 0.237 e. The lowest BCUT2D eigenvalue weighted by Gasteiger charge is -2.17. The van der Waals surface area contributed by atoms with Crippen LogP contribution in [0.5, 0.6) is 0 Å². The van der Waals surface area contributed by atoms with E-state index >= 15 is 0 Å². The third-order valence-electron chi connectivity index (χ3n) is 3.31. The largest absolute Gasteiger partial charge is 0.341 e. The highest BCUT2D eigenvalue weighted by Crippen LogP contribution is 2.14. The van der Waals surface area contributed by atoms with E-state index in [1.807, 2.05) is 36.4 Å². The van der Waals surface area contributed by atoms with Crippen molar-refractivity contribution in [1.29, 1.82) is 0 Å². The van der Waals surface area contributed by atoms with Gasteiger partial charge in [-0.15, -0.1) is 0 Å². The number of sulfone groups is 1. The van der Waals surface area contributed by atoms with Gasteiger partial charge in [0.1, 0.15) is 5.75 Å². The van der Waals surface area contributed by atoms with Crippen molar-refractivity contribution < 1.29 is 13.2 Å². The first-order chi connectivity index (χ1) is 10.9. The lowest BCUT2D eigenvalue weighted by Crippen LogP contribution is -2.32. The predicted octanol–water partition coefficient (Wildman–Crippen LogP) is 3.02. The zero-order chi connectivity index (χ0) is 16.9. The maximum atomic E-state index is 12.2. The fraction of sp³-hybridized carbons (Fsp3) is 0.235. The summed E-state index contributed by atoms with van der Waals surface area (Å²) in [5.74, 6) is -1.02. The van der Waals surface area contributed by atoms with Gasteiger partial charge in [-0.2, -0.15) is 0 Å². The smallest absolute Gasteiger partial charge is 0.237 e. The lowest BCUT2D eigenvalue weighted by molar-refractivity contribution is -0.127. The summed E-state index contributed by atoms with van der Waals surface area (Å²) in [6.45, 7) is 0.395. The van der Waals surface area contributed by atoms with E-state index in [0.29, 0.717) is 12.1 Å². The lowest BCUT2D eigenvalue weighted by atomic mass is 10.2. The average molecular weight is 396 g/mol. The van der Waals surface area contributed by atoms with Crippen LogP contribution in [-0.4, -0.2) is 32.0 Å². The third-order valence-corrected chi connectivity index (χ3v) is 5.26. The molecule has 122 valence electrons. The van der Waals surface area contributed by atoms with Gasteiger partial charge in [0.15, 0.2) is 9.84 Å². The van der Waals surface area contributed by atoms with Gasteiger partial charge in [-0.3, -0.25) is 4.79 Å². The van der Waals surface area contributed by atoms with Gasteiger partial charge in [-0.25, -0.2) is 8.42 Å². The molecule has 0 aliphatic carbocycles. The number of nitrogens with zero attached hydrogens (tertiary/aromatic N) is 1. The normalized spacial score (nSPS) is 11.2. The number of hydrogen-bond acceptors (Lipinski definition) is 3. The van der Waals surface area contributed by atoms with Gasteiger partial charge in [0.25, 0.3) is 0 Å². The summed E-state index contributed by atoms with van der Waals surface area (Å²) in [4.78, 5) is 13.6. The monoisotopic (exact) mass is 395 g/mol. The minimum atomic E-state index is -3.50. The molecule has 2 aromatic rings. The van der Waals surface area contributed by atoms with Crippen molar-refractivity contribution in [2.24, 2.45) is 0 Å². The summed E-state index contributed by atoms with van der Waals surface area (Å²) in [5.41, 5.74) is 1.63. The minimum absolute atomic E-state index is 0.142.